The molecule has 11 heteroatoms. The number of methoxy groups -OCH3 is 1. The molecule has 0 fully saturated rings. The Hall–Kier alpha value is -4.08. The van der Waals surface area contributed by atoms with Gasteiger partial charge in [-0.2, -0.15) is 0 Å². The second-order valence-electron chi connectivity index (χ2n) is 12.0. The van der Waals surface area contributed by atoms with Crippen molar-refractivity contribution < 1.29 is 23.1 Å². The first-order valence-corrected chi connectivity index (χ1v) is 17.6. The third kappa shape index (κ3) is 7.91. The fourth-order valence-electron chi connectivity index (χ4n) is 5.67. The summed E-state index contributed by atoms with van der Waals surface area (Å²) in [5.74, 6) is 1.37. The average Bonchev–Trinajstić information content (AvgIpc) is 3.51. The number of imidazole rings is 1. The van der Waals surface area contributed by atoms with Crippen molar-refractivity contribution in [2.75, 3.05) is 25.4 Å². The number of nitrogens with one attached hydrogen (secondary N) is 1. The summed E-state index contributed by atoms with van der Waals surface area (Å²) in [5, 5.41) is 3.82. The van der Waals surface area contributed by atoms with Crippen molar-refractivity contribution >= 4 is 24.6 Å². The molecule has 0 saturated heterocycles. The summed E-state index contributed by atoms with van der Waals surface area (Å²) in [6, 6.07) is 28.7. The van der Waals surface area contributed by atoms with Gasteiger partial charge in [0, 0.05) is 12.6 Å². The fraction of sp³-hybridized carbons (Fsp3) is 0.361. The van der Waals surface area contributed by atoms with Crippen molar-refractivity contribution in [3.63, 3.8) is 0 Å². The second-order valence-corrected chi connectivity index (χ2v) is 13.9. The molecule has 0 amide bonds. The first-order valence-electron chi connectivity index (χ1n) is 15.9. The van der Waals surface area contributed by atoms with Gasteiger partial charge in [-0.25, -0.2) is 15.0 Å². The van der Waals surface area contributed by atoms with Crippen molar-refractivity contribution in [1.29, 1.82) is 0 Å². The maximum atomic E-state index is 13.2. The molecule has 47 heavy (non-hydrogen) atoms. The monoisotopic (exact) mass is 657 g/mol. The van der Waals surface area contributed by atoms with E-state index in [0.717, 1.165) is 22.4 Å². The van der Waals surface area contributed by atoms with Gasteiger partial charge in [0.25, 0.3) is 0 Å². The van der Waals surface area contributed by atoms with Crippen molar-refractivity contribution in [2.45, 2.75) is 64.8 Å². The molecule has 248 valence electrons. The van der Waals surface area contributed by atoms with Gasteiger partial charge >= 0.3 is 7.60 Å². The largest absolute Gasteiger partial charge is 0.497 e. The lowest BCUT2D eigenvalue weighted by Crippen LogP contribution is -2.38. The lowest BCUT2D eigenvalue weighted by atomic mass is 9.77. The third-order valence-electron chi connectivity index (χ3n) is 7.75. The maximum absolute atomic E-state index is 13.2. The van der Waals surface area contributed by atoms with Gasteiger partial charge in [0.2, 0.25) is 0 Å². The number of aromatic nitrogens is 4. The molecular weight excluding hydrogens is 613 g/mol. The Morgan fingerprint density at radius 1 is 0.787 bits per heavy atom. The zero-order valence-electron chi connectivity index (χ0n) is 27.9. The Balaban J connectivity index is 1.45. The number of anilines is 1. The predicted octanol–water partition coefficient (Wildman–Crippen LogP) is 8.21. The lowest BCUT2D eigenvalue weighted by Gasteiger charge is -2.37. The van der Waals surface area contributed by atoms with E-state index < -0.39 is 13.1 Å². The van der Waals surface area contributed by atoms with Gasteiger partial charge in [-0.1, -0.05) is 72.8 Å². The van der Waals surface area contributed by atoms with E-state index in [1.54, 1.807) is 19.8 Å². The van der Waals surface area contributed by atoms with Crippen molar-refractivity contribution in [2.24, 2.45) is 0 Å². The van der Waals surface area contributed by atoms with Crippen LogP contribution in [0.3, 0.4) is 0 Å². The number of ether oxygens (including phenoxy) is 2. The summed E-state index contributed by atoms with van der Waals surface area (Å²) in [4.78, 5) is 14.1. The second kappa shape index (κ2) is 15.2. The van der Waals surface area contributed by atoms with Gasteiger partial charge in [-0.3, -0.25) is 4.57 Å². The van der Waals surface area contributed by atoms with Crippen LogP contribution in [0.5, 0.6) is 5.75 Å². The third-order valence-corrected chi connectivity index (χ3v) is 9.73. The highest BCUT2D eigenvalue weighted by Gasteiger charge is 2.38. The highest BCUT2D eigenvalue weighted by Crippen LogP contribution is 2.50. The van der Waals surface area contributed by atoms with Crippen molar-refractivity contribution in [3.05, 3.63) is 114 Å². The SMILES string of the molecule is COc1ccc(C(Nc2ncnc3c2ncn3C(C)CCOCP(=O)(OC(C)C)OC(C)C)(c2ccccc2)c2ccccc2)cc1. The van der Waals surface area contributed by atoms with Crippen LogP contribution in [0, 0.1) is 0 Å². The summed E-state index contributed by atoms with van der Waals surface area (Å²) >= 11 is 0. The van der Waals surface area contributed by atoms with Crippen LogP contribution < -0.4 is 10.1 Å². The zero-order valence-corrected chi connectivity index (χ0v) is 28.8. The van der Waals surface area contributed by atoms with E-state index in [9.17, 15) is 4.57 Å². The number of hydrogen-bond acceptors (Lipinski definition) is 9. The summed E-state index contributed by atoms with van der Waals surface area (Å²) < 4.78 is 37.7. The smallest absolute Gasteiger partial charge is 0.356 e. The van der Waals surface area contributed by atoms with Crippen LogP contribution in [0.15, 0.2) is 97.6 Å². The van der Waals surface area contributed by atoms with Crippen molar-refractivity contribution in [1.82, 2.24) is 19.5 Å². The summed E-state index contributed by atoms with van der Waals surface area (Å²) in [6.45, 7) is 9.74. The van der Waals surface area contributed by atoms with E-state index in [1.807, 2.05) is 80.8 Å². The van der Waals surface area contributed by atoms with Gasteiger partial charge in [-0.05, 0) is 69.9 Å². The number of nitrogens with zero attached hydrogens (tertiary/aromatic N) is 4. The molecule has 1 atom stereocenters. The van der Waals surface area contributed by atoms with E-state index in [-0.39, 0.29) is 24.6 Å². The van der Waals surface area contributed by atoms with Crippen LogP contribution in [0.25, 0.3) is 11.2 Å². The number of rotatable bonds is 16. The quantitative estimate of drug-likeness (QED) is 0.0638. The van der Waals surface area contributed by atoms with Crippen LogP contribution in [0.1, 0.15) is 63.8 Å². The first-order chi connectivity index (χ1) is 22.6. The van der Waals surface area contributed by atoms with Gasteiger partial charge in [0.1, 0.15) is 29.5 Å². The molecule has 0 aliphatic rings. The summed E-state index contributed by atoms with van der Waals surface area (Å²) in [6.07, 6.45) is 3.38. The Morgan fingerprint density at radius 2 is 1.36 bits per heavy atom. The number of hydrogen-bond donors (Lipinski definition) is 1. The van der Waals surface area contributed by atoms with Crippen molar-refractivity contribution in [3.8, 4) is 5.75 Å². The highest BCUT2D eigenvalue weighted by atomic mass is 31.2. The molecular formula is C36H44N5O5P. The Bertz CT molecular complexity index is 1710. The molecule has 10 nitrogen and oxygen atoms in total. The molecule has 5 rings (SSSR count). The van der Waals surface area contributed by atoms with E-state index in [2.05, 4.69) is 53.6 Å². The molecule has 2 heterocycles. The van der Waals surface area contributed by atoms with Crippen LogP contribution in [0.4, 0.5) is 5.82 Å². The van der Waals surface area contributed by atoms with Gasteiger partial charge in [-0.15, -0.1) is 0 Å². The number of benzene rings is 3. The minimum Gasteiger partial charge on any atom is -0.497 e. The van der Waals surface area contributed by atoms with Gasteiger partial charge in [0.05, 0.1) is 25.6 Å². The average molecular weight is 658 g/mol. The highest BCUT2D eigenvalue weighted by molar-refractivity contribution is 7.53. The molecule has 3 aromatic carbocycles. The molecule has 5 aromatic rings. The molecule has 0 aliphatic heterocycles. The minimum atomic E-state index is -3.38. The minimum absolute atomic E-state index is 0.0197. The molecule has 0 bridgehead atoms. The molecule has 2 aromatic heterocycles. The molecule has 1 N–H and O–H groups in total. The molecule has 0 aliphatic carbocycles. The number of fused-ring (bicyclic) bond motifs is 1. The summed E-state index contributed by atoms with van der Waals surface area (Å²) in [5.41, 5.74) is 3.60. The van der Waals surface area contributed by atoms with Crippen LogP contribution in [-0.2, 0) is 23.9 Å². The van der Waals surface area contributed by atoms with E-state index in [4.69, 9.17) is 28.5 Å². The first kappa shape index (κ1) is 34.3. The zero-order chi connectivity index (χ0) is 33.4. The normalized spacial score (nSPS) is 12.9. The van der Waals surface area contributed by atoms with Gasteiger partial charge in [0.15, 0.2) is 11.5 Å². The predicted molar refractivity (Wildman–Crippen MR) is 185 cm³/mol. The van der Waals surface area contributed by atoms with Gasteiger partial charge < -0.3 is 28.4 Å². The molecule has 0 saturated carbocycles. The Morgan fingerprint density at radius 3 is 1.91 bits per heavy atom. The van der Waals surface area contributed by atoms with E-state index >= 15 is 0 Å². The maximum Gasteiger partial charge on any atom is 0.356 e. The lowest BCUT2D eigenvalue weighted by molar-refractivity contribution is 0.0947. The van der Waals surface area contributed by atoms with Crippen LogP contribution in [-0.4, -0.2) is 51.8 Å². The molecule has 0 radical (unpaired) electrons. The summed E-state index contributed by atoms with van der Waals surface area (Å²) in [7, 11) is -1.71. The topological polar surface area (TPSA) is 110 Å². The molecule has 0 spiro atoms. The standard InChI is InChI=1S/C36H44N5O5P/c1-26(2)45-47(42,46-27(3)4)25-44-22-21-28(5)41-24-39-33-34(37-23-38-35(33)41)40-36(29-13-9-7-10-14-29,30-15-11-8-12-16-30)31-17-19-32(43-6)20-18-31/h7-20,23-24,26-28H,21-22,25H2,1-6H3,(H,37,38,40). The van der Waals surface area contributed by atoms with E-state index in [0.29, 0.717) is 30.0 Å². The van der Waals surface area contributed by atoms with Crippen LogP contribution in [0.2, 0.25) is 0 Å². The van der Waals surface area contributed by atoms with Crippen LogP contribution >= 0.6 is 7.60 Å². The Labute approximate surface area is 277 Å². The van der Waals surface area contributed by atoms with E-state index in [1.165, 1.54) is 0 Å². The fourth-order valence-corrected chi connectivity index (χ4v) is 7.48. The molecule has 1 unspecified atom stereocenters. The Kier molecular flexibility index (Phi) is 11.1.